The number of carbonyl (C=O) groups is 2. The maximum Gasteiger partial charge on any atom is 0.338 e. The van der Waals surface area contributed by atoms with Crippen molar-refractivity contribution in [2.24, 2.45) is 4.99 Å². The van der Waals surface area contributed by atoms with Crippen molar-refractivity contribution in [3.63, 3.8) is 0 Å². The highest BCUT2D eigenvalue weighted by Gasteiger charge is 2.23. The molecular weight excluding hydrogens is 432 g/mol. The molecule has 0 saturated heterocycles. The van der Waals surface area contributed by atoms with Crippen LogP contribution in [0.1, 0.15) is 41.5 Å². The highest BCUT2D eigenvalue weighted by molar-refractivity contribution is 6.09. The van der Waals surface area contributed by atoms with Gasteiger partial charge in [0, 0.05) is 47.4 Å². The van der Waals surface area contributed by atoms with Crippen molar-refractivity contribution in [3.8, 4) is 22.5 Å². The summed E-state index contributed by atoms with van der Waals surface area (Å²) in [4.78, 5) is 29.1. The lowest BCUT2D eigenvalue weighted by Crippen LogP contribution is -2.09. The number of rotatable bonds is 7. The number of carbonyl (C=O) groups excluding carboxylic acids is 1. The maximum atomic E-state index is 12.9. The van der Waals surface area contributed by atoms with Crippen LogP contribution in [0.15, 0.2) is 64.0 Å². The summed E-state index contributed by atoms with van der Waals surface area (Å²) in [7, 11) is 0. The molecule has 7 heteroatoms. The van der Waals surface area contributed by atoms with E-state index in [0.717, 1.165) is 28.5 Å². The highest BCUT2D eigenvalue weighted by Crippen LogP contribution is 2.42. The number of benzene rings is 3. The SMILES string of the molecule is CCN=c1ccc2c(-c3cc(C(=O)O)ccc3C(=O)OCC)c3ccc(NCC)cc3oc-2c1. The zero-order chi connectivity index (χ0) is 24.2. The molecule has 0 fully saturated rings. The number of nitrogens with one attached hydrogen (secondary N) is 1. The number of aromatic carboxylic acids is 1. The Morgan fingerprint density at radius 1 is 1.00 bits per heavy atom. The first kappa shape index (κ1) is 23.0. The van der Waals surface area contributed by atoms with Crippen LogP contribution >= 0.6 is 0 Å². The number of nitrogens with zero attached hydrogens (tertiary/aromatic N) is 1. The minimum Gasteiger partial charge on any atom is -0.478 e. The van der Waals surface area contributed by atoms with E-state index in [2.05, 4.69) is 10.3 Å². The predicted octanol–water partition coefficient (Wildman–Crippen LogP) is 5.43. The lowest BCUT2D eigenvalue weighted by molar-refractivity contribution is 0.0526. The lowest BCUT2D eigenvalue weighted by atomic mass is 9.89. The molecule has 0 bridgehead atoms. The van der Waals surface area contributed by atoms with Gasteiger partial charge in [0.15, 0.2) is 0 Å². The maximum absolute atomic E-state index is 12.9. The zero-order valence-electron chi connectivity index (χ0n) is 19.3. The van der Waals surface area contributed by atoms with Gasteiger partial charge in [-0.3, -0.25) is 4.99 Å². The van der Waals surface area contributed by atoms with E-state index in [9.17, 15) is 14.7 Å². The van der Waals surface area contributed by atoms with Crippen molar-refractivity contribution in [2.45, 2.75) is 20.8 Å². The monoisotopic (exact) mass is 458 g/mol. The van der Waals surface area contributed by atoms with Gasteiger partial charge in [-0.2, -0.15) is 0 Å². The van der Waals surface area contributed by atoms with Crippen molar-refractivity contribution in [2.75, 3.05) is 25.0 Å². The topological polar surface area (TPSA) is 101 Å². The summed E-state index contributed by atoms with van der Waals surface area (Å²) in [5.74, 6) is -1.01. The third kappa shape index (κ3) is 4.37. The second kappa shape index (κ2) is 9.79. The van der Waals surface area contributed by atoms with E-state index in [4.69, 9.17) is 9.15 Å². The molecule has 34 heavy (non-hydrogen) atoms. The quantitative estimate of drug-likeness (QED) is 0.283. The summed E-state index contributed by atoms with van der Waals surface area (Å²) in [6.07, 6.45) is 0. The summed E-state index contributed by atoms with van der Waals surface area (Å²) in [6, 6.07) is 15.8. The van der Waals surface area contributed by atoms with Crippen molar-refractivity contribution >= 4 is 28.6 Å². The number of carboxylic acids is 1. The van der Waals surface area contributed by atoms with Crippen molar-refractivity contribution in [1.82, 2.24) is 0 Å². The number of carboxylic acid groups (broad SMARTS) is 1. The minimum absolute atomic E-state index is 0.0759. The molecule has 0 unspecified atom stereocenters. The van der Waals surface area contributed by atoms with Gasteiger partial charge >= 0.3 is 11.9 Å². The highest BCUT2D eigenvalue weighted by atomic mass is 16.5. The first-order valence-electron chi connectivity index (χ1n) is 11.3. The second-order valence-corrected chi connectivity index (χ2v) is 7.66. The molecule has 1 aliphatic carbocycles. The van der Waals surface area contributed by atoms with Crippen LogP contribution in [0.5, 0.6) is 0 Å². The van der Waals surface area contributed by atoms with E-state index in [-0.39, 0.29) is 12.2 Å². The minimum atomic E-state index is -1.08. The largest absolute Gasteiger partial charge is 0.478 e. The van der Waals surface area contributed by atoms with Gasteiger partial charge in [-0.1, -0.05) is 0 Å². The Hall–Kier alpha value is -4.13. The summed E-state index contributed by atoms with van der Waals surface area (Å²) in [6.45, 7) is 7.28. The van der Waals surface area contributed by atoms with Crippen LogP contribution in [0.25, 0.3) is 33.4 Å². The third-order valence-electron chi connectivity index (χ3n) is 5.46. The van der Waals surface area contributed by atoms with E-state index in [1.54, 1.807) is 6.92 Å². The first-order valence-corrected chi connectivity index (χ1v) is 11.3. The average molecular weight is 459 g/mol. The molecule has 0 amide bonds. The Labute approximate surface area is 197 Å². The van der Waals surface area contributed by atoms with Gasteiger partial charge < -0.3 is 19.6 Å². The molecular formula is C27H26N2O5. The van der Waals surface area contributed by atoms with E-state index in [0.29, 0.717) is 34.6 Å². The van der Waals surface area contributed by atoms with Crippen LogP contribution in [0, 0.1) is 0 Å². The summed E-state index contributed by atoms with van der Waals surface area (Å²) in [5.41, 5.74) is 3.78. The van der Waals surface area contributed by atoms with E-state index in [1.165, 1.54) is 18.2 Å². The van der Waals surface area contributed by atoms with Gasteiger partial charge in [-0.15, -0.1) is 0 Å². The second-order valence-electron chi connectivity index (χ2n) is 7.66. The first-order chi connectivity index (χ1) is 16.5. The standard InChI is InChI=1S/C27H26N2O5/c1-4-28-17-8-11-20-23(14-17)34-24-15-18(29-5-2)9-12-21(24)25(20)22-13-16(26(30)31)7-10-19(22)27(32)33-6-3/h7-15,28H,4-6H2,1-3H3,(H,30,31). The Morgan fingerprint density at radius 2 is 1.82 bits per heavy atom. The van der Waals surface area contributed by atoms with Crippen LogP contribution in [0.3, 0.4) is 0 Å². The number of anilines is 1. The molecule has 1 aliphatic heterocycles. The molecule has 2 aliphatic rings. The molecule has 0 spiro atoms. The molecule has 4 rings (SSSR count). The number of fused-ring (bicyclic) bond motifs is 2. The summed E-state index contributed by atoms with van der Waals surface area (Å²) < 4.78 is 11.6. The van der Waals surface area contributed by atoms with E-state index in [1.807, 2.05) is 50.2 Å². The average Bonchev–Trinajstić information content (AvgIpc) is 2.82. The van der Waals surface area contributed by atoms with Crippen molar-refractivity contribution < 1.29 is 23.8 Å². The van der Waals surface area contributed by atoms with Crippen molar-refractivity contribution in [3.05, 3.63) is 71.1 Å². The number of hydrogen-bond acceptors (Lipinski definition) is 6. The van der Waals surface area contributed by atoms with E-state index >= 15 is 0 Å². The lowest BCUT2D eigenvalue weighted by Gasteiger charge is -2.18. The molecule has 0 atom stereocenters. The van der Waals surface area contributed by atoms with Gasteiger partial charge in [0.2, 0.25) is 0 Å². The molecule has 174 valence electrons. The molecule has 7 nitrogen and oxygen atoms in total. The van der Waals surface area contributed by atoms with Gasteiger partial charge in [-0.05, 0) is 68.8 Å². The Bertz CT molecular complexity index is 1420. The normalized spacial score (nSPS) is 11.7. The predicted molar refractivity (Wildman–Crippen MR) is 131 cm³/mol. The van der Waals surface area contributed by atoms with Crippen molar-refractivity contribution in [1.29, 1.82) is 0 Å². The molecule has 2 N–H and O–H groups in total. The Kier molecular flexibility index (Phi) is 6.63. The fourth-order valence-corrected chi connectivity index (χ4v) is 4.04. The van der Waals surface area contributed by atoms with Crippen LogP contribution in [0.2, 0.25) is 0 Å². The van der Waals surface area contributed by atoms with Crippen LogP contribution < -0.4 is 10.7 Å². The van der Waals surface area contributed by atoms with Crippen LogP contribution in [-0.2, 0) is 4.74 Å². The van der Waals surface area contributed by atoms with Gasteiger partial charge in [0.25, 0.3) is 0 Å². The number of hydrogen-bond donors (Lipinski definition) is 2. The molecule has 2 aromatic rings. The van der Waals surface area contributed by atoms with Gasteiger partial charge in [0.05, 0.1) is 23.1 Å². The summed E-state index contributed by atoms with van der Waals surface area (Å²) in [5, 5.41) is 14.5. The third-order valence-corrected chi connectivity index (χ3v) is 5.46. The Balaban J connectivity index is 2.13. The number of ether oxygens (including phenoxy) is 1. The van der Waals surface area contributed by atoms with E-state index < -0.39 is 11.9 Å². The van der Waals surface area contributed by atoms with Gasteiger partial charge in [0.1, 0.15) is 11.3 Å². The summed E-state index contributed by atoms with van der Waals surface area (Å²) >= 11 is 0. The number of esters is 1. The molecule has 2 aromatic carbocycles. The Morgan fingerprint density at radius 3 is 2.53 bits per heavy atom. The van der Waals surface area contributed by atoms with Gasteiger partial charge in [-0.25, -0.2) is 9.59 Å². The van der Waals surface area contributed by atoms with Crippen LogP contribution in [0.4, 0.5) is 5.69 Å². The fourth-order valence-electron chi connectivity index (χ4n) is 4.04. The fraction of sp³-hybridized carbons (Fsp3) is 0.222. The van der Waals surface area contributed by atoms with Crippen LogP contribution in [-0.4, -0.2) is 36.7 Å². The molecule has 0 radical (unpaired) electrons. The zero-order valence-corrected chi connectivity index (χ0v) is 19.3. The molecule has 1 heterocycles. The molecule has 0 aromatic heterocycles. The smallest absolute Gasteiger partial charge is 0.338 e. The molecule has 0 saturated carbocycles.